The first-order valence-electron chi connectivity index (χ1n) is 9.21. The van der Waals surface area contributed by atoms with Gasteiger partial charge in [-0.25, -0.2) is 13.4 Å². The summed E-state index contributed by atoms with van der Waals surface area (Å²) in [6, 6.07) is 7.54. The highest BCUT2D eigenvalue weighted by Gasteiger charge is 2.35. The molecule has 1 aliphatic carbocycles. The lowest BCUT2D eigenvalue weighted by Crippen LogP contribution is -2.17. The van der Waals surface area contributed by atoms with Crippen LogP contribution in [0.4, 0.5) is 5.69 Å². The molecular weight excluding hydrogens is 388 g/mol. The van der Waals surface area contributed by atoms with Gasteiger partial charge in [0, 0.05) is 30.6 Å². The topological polar surface area (TPSA) is 103 Å². The minimum atomic E-state index is -3.33. The summed E-state index contributed by atoms with van der Waals surface area (Å²) in [6.07, 6.45) is 10.0. The minimum absolute atomic E-state index is 0.284. The summed E-state index contributed by atoms with van der Waals surface area (Å²) in [7, 11) is -1.47. The Morgan fingerprint density at radius 3 is 2.62 bits per heavy atom. The smallest absolute Gasteiger partial charge is 0.235 e. The molecule has 0 radical (unpaired) electrons. The quantitative estimate of drug-likeness (QED) is 0.547. The van der Waals surface area contributed by atoms with Crippen LogP contribution in [0.25, 0.3) is 33.4 Å². The second-order valence-electron chi connectivity index (χ2n) is 7.17. The first-order valence-corrected chi connectivity index (χ1v) is 10.8. The Balaban J connectivity index is 1.50. The first-order chi connectivity index (χ1) is 14.0. The van der Waals surface area contributed by atoms with Crippen molar-refractivity contribution < 1.29 is 8.42 Å². The number of anilines is 1. The van der Waals surface area contributed by atoms with Gasteiger partial charge < -0.3 is 0 Å². The standard InChI is InChI=1S/C20H18N6O2S/c1-26-12-15(9-23-26)20-11-22-18-5-2-13(7-19(18)24-20)14-6-16(10-21-8-14)25-29(27,28)17-3-4-17/h2,5-12,17,25H,3-4H2,1H3. The van der Waals surface area contributed by atoms with E-state index in [1.807, 2.05) is 31.4 Å². The number of hydrogen-bond acceptors (Lipinski definition) is 6. The van der Waals surface area contributed by atoms with Crippen molar-refractivity contribution in [1.29, 1.82) is 0 Å². The Hall–Kier alpha value is -3.33. The molecule has 0 amide bonds. The highest BCUT2D eigenvalue weighted by atomic mass is 32.2. The van der Waals surface area contributed by atoms with E-state index >= 15 is 0 Å². The van der Waals surface area contributed by atoms with Gasteiger partial charge in [-0.1, -0.05) is 6.07 Å². The highest BCUT2D eigenvalue weighted by molar-refractivity contribution is 7.93. The monoisotopic (exact) mass is 406 g/mol. The zero-order chi connectivity index (χ0) is 20.0. The summed E-state index contributed by atoms with van der Waals surface area (Å²) < 4.78 is 28.7. The van der Waals surface area contributed by atoms with Crippen LogP contribution in [0.5, 0.6) is 0 Å². The van der Waals surface area contributed by atoms with Crippen LogP contribution in [0.2, 0.25) is 0 Å². The summed E-state index contributed by atoms with van der Waals surface area (Å²) in [5.74, 6) is 0. The lowest BCUT2D eigenvalue weighted by molar-refractivity contribution is 0.600. The van der Waals surface area contributed by atoms with Gasteiger partial charge in [-0.3, -0.25) is 19.4 Å². The molecular formula is C20H18N6O2S. The maximum absolute atomic E-state index is 12.2. The number of fused-ring (bicyclic) bond motifs is 1. The third-order valence-corrected chi connectivity index (χ3v) is 6.71. The molecule has 29 heavy (non-hydrogen) atoms. The van der Waals surface area contributed by atoms with Crippen LogP contribution >= 0.6 is 0 Å². The van der Waals surface area contributed by atoms with Crippen LogP contribution in [0, 0.1) is 0 Å². The van der Waals surface area contributed by atoms with Gasteiger partial charge in [0.2, 0.25) is 10.0 Å². The number of nitrogens with one attached hydrogen (secondary N) is 1. The van der Waals surface area contributed by atoms with Gasteiger partial charge in [-0.05, 0) is 36.6 Å². The first kappa shape index (κ1) is 17.7. The molecule has 1 aliphatic rings. The van der Waals surface area contributed by atoms with E-state index in [4.69, 9.17) is 4.98 Å². The lowest BCUT2D eigenvalue weighted by atomic mass is 10.1. The molecule has 5 rings (SSSR count). The Kier molecular flexibility index (Phi) is 4.06. The van der Waals surface area contributed by atoms with Crippen molar-refractivity contribution in [3.63, 3.8) is 0 Å². The van der Waals surface area contributed by atoms with Crippen LogP contribution in [0.1, 0.15) is 12.8 Å². The summed E-state index contributed by atoms with van der Waals surface area (Å²) >= 11 is 0. The molecule has 0 bridgehead atoms. The Morgan fingerprint density at radius 1 is 1.00 bits per heavy atom. The molecule has 0 saturated heterocycles. The molecule has 8 nitrogen and oxygen atoms in total. The van der Waals surface area contributed by atoms with Crippen LogP contribution in [0.3, 0.4) is 0 Å². The van der Waals surface area contributed by atoms with Gasteiger partial charge >= 0.3 is 0 Å². The maximum Gasteiger partial charge on any atom is 0.235 e. The van der Waals surface area contributed by atoms with Gasteiger partial charge in [0.1, 0.15) is 0 Å². The molecule has 1 fully saturated rings. The minimum Gasteiger partial charge on any atom is -0.282 e. The van der Waals surface area contributed by atoms with Gasteiger partial charge in [-0.15, -0.1) is 0 Å². The van der Waals surface area contributed by atoms with Crippen molar-refractivity contribution in [1.82, 2.24) is 24.7 Å². The molecule has 3 heterocycles. The van der Waals surface area contributed by atoms with Crippen molar-refractivity contribution in [2.45, 2.75) is 18.1 Å². The third-order valence-electron chi connectivity index (χ3n) is 4.84. The van der Waals surface area contributed by atoms with Gasteiger partial charge in [-0.2, -0.15) is 5.10 Å². The largest absolute Gasteiger partial charge is 0.282 e. The fourth-order valence-electron chi connectivity index (χ4n) is 3.16. The summed E-state index contributed by atoms with van der Waals surface area (Å²) in [4.78, 5) is 13.4. The average Bonchev–Trinajstić information content (AvgIpc) is 3.49. The van der Waals surface area contributed by atoms with Gasteiger partial charge in [0.15, 0.2) is 0 Å². The fraction of sp³-hybridized carbons (Fsp3) is 0.200. The molecule has 0 unspecified atom stereocenters. The van der Waals surface area contributed by atoms with Crippen LogP contribution in [0.15, 0.2) is 55.2 Å². The molecule has 1 saturated carbocycles. The molecule has 1 aromatic carbocycles. The van der Waals surface area contributed by atoms with E-state index in [1.165, 1.54) is 6.20 Å². The van der Waals surface area contributed by atoms with Crippen LogP contribution in [-0.2, 0) is 17.1 Å². The van der Waals surface area contributed by atoms with Crippen LogP contribution < -0.4 is 4.72 Å². The zero-order valence-corrected chi connectivity index (χ0v) is 16.5. The van der Waals surface area contributed by atoms with Crippen molar-refractivity contribution in [3.05, 3.63) is 55.2 Å². The van der Waals surface area contributed by atoms with Crippen molar-refractivity contribution in [2.75, 3.05) is 4.72 Å². The van der Waals surface area contributed by atoms with Gasteiger partial charge in [0.25, 0.3) is 0 Å². The lowest BCUT2D eigenvalue weighted by Gasteiger charge is -2.09. The number of rotatable bonds is 5. The molecule has 146 valence electrons. The van der Waals surface area contributed by atoms with E-state index in [1.54, 1.807) is 29.3 Å². The van der Waals surface area contributed by atoms with E-state index in [0.717, 1.165) is 33.4 Å². The SMILES string of the molecule is Cn1cc(-c2cnc3ccc(-c4cncc(NS(=O)(=O)C5CC5)c4)cc3n2)cn1. The molecule has 4 aromatic rings. The maximum atomic E-state index is 12.2. The fourth-order valence-corrected chi connectivity index (χ4v) is 4.53. The zero-order valence-electron chi connectivity index (χ0n) is 15.6. The molecule has 3 aromatic heterocycles. The third kappa shape index (κ3) is 3.56. The summed E-state index contributed by atoms with van der Waals surface area (Å²) in [6.45, 7) is 0. The average molecular weight is 406 g/mol. The van der Waals surface area contributed by atoms with Gasteiger partial charge in [0.05, 0.1) is 46.3 Å². The molecule has 9 heteroatoms. The van der Waals surface area contributed by atoms with E-state index in [9.17, 15) is 8.42 Å². The van der Waals surface area contributed by atoms with E-state index in [0.29, 0.717) is 18.5 Å². The Bertz CT molecular complexity index is 1330. The number of aryl methyl sites for hydroxylation is 1. The molecule has 0 aliphatic heterocycles. The molecule has 1 N–H and O–H groups in total. The number of pyridine rings is 1. The normalized spacial score (nSPS) is 14.2. The molecule has 0 spiro atoms. The molecule has 0 atom stereocenters. The Labute approximate surface area is 167 Å². The number of nitrogens with zero attached hydrogens (tertiary/aromatic N) is 5. The van der Waals surface area contributed by atoms with E-state index in [-0.39, 0.29) is 5.25 Å². The number of sulfonamides is 1. The summed E-state index contributed by atoms with van der Waals surface area (Å²) in [5, 5.41) is 3.89. The van der Waals surface area contributed by atoms with Crippen molar-refractivity contribution in [2.24, 2.45) is 7.05 Å². The van der Waals surface area contributed by atoms with Crippen molar-refractivity contribution >= 4 is 26.7 Å². The predicted octanol–water partition coefficient (Wildman–Crippen LogP) is 3.00. The second kappa shape index (κ2) is 6.63. The number of benzene rings is 1. The number of aromatic nitrogens is 5. The van der Waals surface area contributed by atoms with Crippen LogP contribution in [-0.4, -0.2) is 38.4 Å². The Morgan fingerprint density at radius 2 is 1.86 bits per heavy atom. The van der Waals surface area contributed by atoms with E-state index in [2.05, 4.69) is 19.8 Å². The summed E-state index contributed by atoms with van der Waals surface area (Å²) in [5.41, 5.74) is 5.31. The predicted molar refractivity (Wildman–Crippen MR) is 111 cm³/mol. The highest BCUT2D eigenvalue weighted by Crippen LogP contribution is 2.31. The number of hydrogen-bond donors (Lipinski definition) is 1. The second-order valence-corrected chi connectivity index (χ2v) is 9.13. The van der Waals surface area contributed by atoms with Crippen molar-refractivity contribution in [3.8, 4) is 22.4 Å². The van der Waals surface area contributed by atoms with E-state index < -0.39 is 10.0 Å².